The third-order valence-electron chi connectivity index (χ3n) is 5.72. The van der Waals surface area contributed by atoms with E-state index in [1.165, 1.54) is 21.7 Å². The molecule has 3 heterocycles. The minimum Gasteiger partial charge on any atom is -0.461 e. The fraction of sp³-hybridized carbons (Fsp3) is 0.292. The van der Waals surface area contributed by atoms with Crippen LogP contribution in [0.15, 0.2) is 45.9 Å². The molecule has 1 amide bonds. The van der Waals surface area contributed by atoms with E-state index >= 15 is 0 Å². The lowest BCUT2D eigenvalue weighted by Gasteiger charge is -2.19. The zero-order valence-electron chi connectivity index (χ0n) is 19.7. The van der Waals surface area contributed by atoms with Gasteiger partial charge in [-0.05, 0) is 56.2 Å². The van der Waals surface area contributed by atoms with Gasteiger partial charge >= 0.3 is 0 Å². The van der Waals surface area contributed by atoms with Gasteiger partial charge in [0, 0.05) is 24.2 Å². The van der Waals surface area contributed by atoms with Crippen molar-refractivity contribution < 1.29 is 17.6 Å². The Morgan fingerprint density at radius 1 is 1.12 bits per heavy atom. The van der Waals surface area contributed by atoms with Crippen molar-refractivity contribution in [2.45, 2.75) is 39.5 Å². The summed E-state index contributed by atoms with van der Waals surface area (Å²) in [4.78, 5) is 23.7. The van der Waals surface area contributed by atoms with Gasteiger partial charge in [0.15, 0.2) is 11.6 Å². The number of nitrogens with zero attached hydrogens (tertiary/aromatic N) is 3. The maximum atomic E-state index is 13.3. The molecule has 10 heteroatoms. The Balaban J connectivity index is 1.70. The summed E-state index contributed by atoms with van der Waals surface area (Å²) in [5, 5.41) is 3.73. The number of carbonyl (C=O) groups is 1. The Kier molecular flexibility index (Phi) is 6.57. The van der Waals surface area contributed by atoms with E-state index in [4.69, 9.17) is 4.42 Å². The predicted octanol–water partition coefficient (Wildman–Crippen LogP) is 5.16. The van der Waals surface area contributed by atoms with E-state index in [-0.39, 0.29) is 10.8 Å². The molecule has 1 N–H and O–H groups in total. The number of benzene rings is 1. The highest BCUT2D eigenvalue weighted by Gasteiger charge is 2.24. The van der Waals surface area contributed by atoms with E-state index in [2.05, 4.69) is 15.3 Å². The van der Waals surface area contributed by atoms with Crippen LogP contribution in [-0.4, -0.2) is 41.7 Å². The number of furan rings is 1. The standard InChI is InChI=1S/C24H26N4O4S2/c1-6-28(7-2)34(30,31)17-11-10-14(3)18(13-17)26-23(29)21-15(4)20-16(5)25-22(27-24(20)33-21)19-9-8-12-32-19/h8-13H,6-7H2,1-5H3,(H,26,29). The van der Waals surface area contributed by atoms with Crippen LogP contribution in [0.25, 0.3) is 21.8 Å². The smallest absolute Gasteiger partial charge is 0.266 e. The molecule has 1 aromatic carbocycles. The van der Waals surface area contributed by atoms with Crippen molar-refractivity contribution >= 4 is 43.2 Å². The number of fused-ring (bicyclic) bond motifs is 1. The van der Waals surface area contributed by atoms with E-state index < -0.39 is 10.0 Å². The van der Waals surface area contributed by atoms with Crippen molar-refractivity contribution in [2.24, 2.45) is 0 Å². The van der Waals surface area contributed by atoms with Crippen molar-refractivity contribution in [2.75, 3.05) is 18.4 Å². The first-order chi connectivity index (χ1) is 16.2. The molecule has 0 saturated heterocycles. The van der Waals surface area contributed by atoms with Crippen LogP contribution in [0, 0.1) is 20.8 Å². The van der Waals surface area contributed by atoms with E-state index in [0.717, 1.165) is 22.2 Å². The molecule has 0 aliphatic carbocycles. The van der Waals surface area contributed by atoms with E-state index in [9.17, 15) is 13.2 Å². The lowest BCUT2D eigenvalue weighted by molar-refractivity contribution is 0.103. The quantitative estimate of drug-likeness (QED) is 0.377. The minimum absolute atomic E-state index is 0.148. The topological polar surface area (TPSA) is 105 Å². The van der Waals surface area contributed by atoms with Crippen molar-refractivity contribution in [3.05, 3.63) is 58.3 Å². The monoisotopic (exact) mass is 498 g/mol. The molecule has 178 valence electrons. The lowest BCUT2D eigenvalue weighted by atomic mass is 10.1. The van der Waals surface area contributed by atoms with E-state index in [0.29, 0.717) is 40.1 Å². The zero-order chi connectivity index (χ0) is 24.6. The molecular formula is C24H26N4O4S2. The molecule has 4 aromatic rings. The maximum absolute atomic E-state index is 13.3. The molecular weight excluding hydrogens is 472 g/mol. The third-order valence-corrected chi connectivity index (χ3v) is 8.95. The van der Waals surface area contributed by atoms with Crippen molar-refractivity contribution in [1.82, 2.24) is 14.3 Å². The Morgan fingerprint density at radius 3 is 2.50 bits per heavy atom. The predicted molar refractivity (Wildman–Crippen MR) is 134 cm³/mol. The normalized spacial score (nSPS) is 11.9. The summed E-state index contributed by atoms with van der Waals surface area (Å²) in [6, 6.07) is 8.35. The number of thiophene rings is 1. The summed E-state index contributed by atoms with van der Waals surface area (Å²) in [6.45, 7) is 9.90. The van der Waals surface area contributed by atoms with E-state index in [1.54, 1.807) is 44.4 Å². The van der Waals surface area contributed by atoms with Gasteiger partial charge in [-0.2, -0.15) is 4.31 Å². The van der Waals surface area contributed by atoms with Crippen molar-refractivity contribution in [3.8, 4) is 11.6 Å². The van der Waals surface area contributed by atoms with Crippen LogP contribution >= 0.6 is 11.3 Å². The van der Waals surface area contributed by atoms with Gasteiger partial charge in [0.1, 0.15) is 4.83 Å². The summed E-state index contributed by atoms with van der Waals surface area (Å²) in [6.07, 6.45) is 1.56. The van der Waals surface area contributed by atoms with Gasteiger partial charge < -0.3 is 9.73 Å². The van der Waals surface area contributed by atoms with E-state index in [1.807, 2.05) is 20.8 Å². The fourth-order valence-electron chi connectivity index (χ4n) is 3.86. The third kappa shape index (κ3) is 4.24. The number of nitrogens with one attached hydrogen (secondary N) is 1. The highest BCUT2D eigenvalue weighted by molar-refractivity contribution is 7.89. The molecule has 0 saturated carbocycles. The molecule has 0 aliphatic heterocycles. The van der Waals surface area contributed by atoms with Gasteiger partial charge in [0.2, 0.25) is 10.0 Å². The first kappa shape index (κ1) is 24.1. The second-order valence-electron chi connectivity index (χ2n) is 7.87. The largest absolute Gasteiger partial charge is 0.461 e. The Morgan fingerprint density at radius 2 is 1.85 bits per heavy atom. The maximum Gasteiger partial charge on any atom is 0.266 e. The molecule has 0 spiro atoms. The van der Waals surface area contributed by atoms with Gasteiger partial charge in [-0.1, -0.05) is 19.9 Å². The molecule has 8 nitrogen and oxygen atoms in total. The van der Waals surface area contributed by atoms with Gasteiger partial charge in [0.25, 0.3) is 5.91 Å². The first-order valence-electron chi connectivity index (χ1n) is 10.9. The summed E-state index contributed by atoms with van der Waals surface area (Å²) < 4.78 is 32.7. The second-order valence-corrected chi connectivity index (χ2v) is 10.8. The average molecular weight is 499 g/mol. The van der Waals surface area contributed by atoms with Crippen LogP contribution in [-0.2, 0) is 10.0 Å². The van der Waals surface area contributed by atoms with Crippen LogP contribution in [0.2, 0.25) is 0 Å². The molecule has 0 radical (unpaired) electrons. The van der Waals surface area contributed by atoms with Gasteiger partial charge in [-0.25, -0.2) is 18.4 Å². The summed E-state index contributed by atoms with van der Waals surface area (Å²) in [7, 11) is -3.64. The van der Waals surface area contributed by atoms with Crippen molar-refractivity contribution in [1.29, 1.82) is 0 Å². The number of aryl methyl sites for hydroxylation is 3. The first-order valence-corrected chi connectivity index (χ1v) is 13.2. The number of anilines is 1. The van der Waals surface area contributed by atoms with Gasteiger partial charge in [0.05, 0.1) is 21.7 Å². The Hall–Kier alpha value is -3.08. The number of rotatable bonds is 7. The Labute approximate surface area is 202 Å². The number of hydrogen-bond donors (Lipinski definition) is 1. The van der Waals surface area contributed by atoms with Gasteiger partial charge in [-0.3, -0.25) is 4.79 Å². The molecule has 0 atom stereocenters. The molecule has 0 bridgehead atoms. The molecule has 0 unspecified atom stereocenters. The molecule has 34 heavy (non-hydrogen) atoms. The molecule has 0 fully saturated rings. The second kappa shape index (κ2) is 9.28. The number of amides is 1. The van der Waals surface area contributed by atoms with Crippen molar-refractivity contribution in [3.63, 3.8) is 0 Å². The molecule has 0 aliphatic rings. The number of carbonyl (C=O) groups excluding carboxylic acids is 1. The molecule has 4 rings (SSSR count). The zero-order valence-corrected chi connectivity index (χ0v) is 21.3. The highest BCUT2D eigenvalue weighted by Crippen LogP contribution is 2.34. The van der Waals surface area contributed by atoms with Crippen LogP contribution in [0.3, 0.4) is 0 Å². The van der Waals surface area contributed by atoms with Crippen LogP contribution in [0.5, 0.6) is 0 Å². The van der Waals surface area contributed by atoms with Gasteiger partial charge in [-0.15, -0.1) is 11.3 Å². The van der Waals surface area contributed by atoms with Crippen LogP contribution < -0.4 is 5.32 Å². The fourth-order valence-corrected chi connectivity index (χ4v) is 6.47. The number of hydrogen-bond acceptors (Lipinski definition) is 7. The highest BCUT2D eigenvalue weighted by atomic mass is 32.2. The van der Waals surface area contributed by atoms with Crippen LogP contribution in [0.1, 0.15) is 40.3 Å². The summed E-state index contributed by atoms with van der Waals surface area (Å²) in [5.41, 5.74) is 2.76. The molecule has 3 aromatic heterocycles. The number of sulfonamides is 1. The lowest BCUT2D eigenvalue weighted by Crippen LogP contribution is -2.30. The summed E-state index contributed by atoms with van der Waals surface area (Å²) >= 11 is 1.27. The summed E-state index contributed by atoms with van der Waals surface area (Å²) in [5.74, 6) is 0.706. The number of aromatic nitrogens is 2. The minimum atomic E-state index is -3.64. The SMILES string of the molecule is CCN(CC)S(=O)(=O)c1ccc(C)c(NC(=O)c2sc3nc(-c4ccco4)nc(C)c3c2C)c1. The van der Waals surface area contributed by atoms with Crippen LogP contribution in [0.4, 0.5) is 5.69 Å². The average Bonchev–Trinajstić information content (AvgIpc) is 3.44. The Bertz CT molecular complexity index is 1470.